The molecule has 0 unspecified atom stereocenters. The molecule has 1 aliphatic rings. The van der Waals surface area contributed by atoms with Gasteiger partial charge in [0.15, 0.2) is 0 Å². The number of rotatable bonds is 4. The normalized spacial score (nSPS) is 14.2. The number of amides is 2. The summed E-state index contributed by atoms with van der Waals surface area (Å²) in [4.78, 5) is 14.3. The summed E-state index contributed by atoms with van der Waals surface area (Å²) < 4.78 is 7.26. The molecule has 0 bridgehead atoms. The first kappa shape index (κ1) is 13.7. The van der Waals surface area contributed by atoms with Crippen molar-refractivity contribution in [1.82, 2.24) is 14.7 Å². The zero-order valence-electron chi connectivity index (χ0n) is 12.6. The van der Waals surface area contributed by atoms with E-state index in [1.54, 1.807) is 4.68 Å². The number of aromatic nitrogens is 2. The van der Waals surface area contributed by atoms with Crippen LogP contribution in [0.15, 0.2) is 22.6 Å². The van der Waals surface area contributed by atoms with E-state index in [9.17, 15) is 4.79 Å². The minimum atomic E-state index is -0.102. The number of nitrogens with zero attached hydrogens (tertiary/aromatic N) is 3. The fraction of sp³-hybridized carbons (Fsp3) is 0.467. The van der Waals surface area contributed by atoms with Crippen molar-refractivity contribution >= 4 is 11.8 Å². The van der Waals surface area contributed by atoms with Gasteiger partial charge in [-0.15, -0.1) is 0 Å². The molecule has 112 valence electrons. The van der Waals surface area contributed by atoms with E-state index in [1.807, 2.05) is 44.0 Å². The Kier molecular flexibility index (Phi) is 3.45. The Morgan fingerprint density at radius 1 is 1.48 bits per heavy atom. The summed E-state index contributed by atoms with van der Waals surface area (Å²) in [7, 11) is 1.82. The molecule has 1 N–H and O–H groups in total. The summed E-state index contributed by atoms with van der Waals surface area (Å²) in [6.45, 7) is 4.31. The van der Waals surface area contributed by atoms with Gasteiger partial charge in [0, 0.05) is 19.2 Å². The number of aryl methyl sites for hydroxylation is 3. The van der Waals surface area contributed by atoms with Crippen LogP contribution in [0, 0.1) is 13.8 Å². The average molecular weight is 288 g/mol. The summed E-state index contributed by atoms with van der Waals surface area (Å²) in [5.41, 5.74) is 0.882. The largest absolute Gasteiger partial charge is 0.464 e. The summed E-state index contributed by atoms with van der Waals surface area (Å²) in [6, 6.07) is 5.91. The number of urea groups is 1. The van der Waals surface area contributed by atoms with Gasteiger partial charge in [0.2, 0.25) is 0 Å². The van der Waals surface area contributed by atoms with E-state index in [4.69, 9.17) is 4.42 Å². The van der Waals surface area contributed by atoms with Crippen molar-refractivity contribution in [3.8, 4) is 0 Å². The first-order valence-electron chi connectivity index (χ1n) is 7.16. The lowest BCUT2D eigenvalue weighted by Crippen LogP contribution is -2.36. The van der Waals surface area contributed by atoms with E-state index in [0.29, 0.717) is 18.4 Å². The molecule has 6 heteroatoms. The third kappa shape index (κ3) is 3.09. The van der Waals surface area contributed by atoms with E-state index in [1.165, 1.54) is 0 Å². The smallest absolute Gasteiger partial charge is 0.323 e. The van der Waals surface area contributed by atoms with Gasteiger partial charge in [0.05, 0.1) is 12.2 Å². The maximum absolute atomic E-state index is 12.5. The Hall–Kier alpha value is -2.24. The molecule has 0 atom stereocenters. The molecule has 1 fully saturated rings. The minimum absolute atomic E-state index is 0.102. The molecule has 2 amide bonds. The van der Waals surface area contributed by atoms with Crippen molar-refractivity contribution in [3.63, 3.8) is 0 Å². The van der Waals surface area contributed by atoms with Crippen molar-refractivity contribution in [2.45, 2.75) is 39.3 Å². The quantitative estimate of drug-likeness (QED) is 0.941. The van der Waals surface area contributed by atoms with Crippen molar-refractivity contribution in [2.75, 3.05) is 5.32 Å². The minimum Gasteiger partial charge on any atom is -0.464 e. The molecule has 3 rings (SSSR count). The van der Waals surface area contributed by atoms with Crippen LogP contribution in [0.25, 0.3) is 0 Å². The Labute approximate surface area is 123 Å². The number of furan rings is 1. The number of nitrogens with one attached hydrogen (secondary N) is 1. The lowest BCUT2D eigenvalue weighted by molar-refractivity contribution is 0.200. The van der Waals surface area contributed by atoms with Crippen LogP contribution in [-0.4, -0.2) is 26.8 Å². The zero-order valence-corrected chi connectivity index (χ0v) is 12.6. The van der Waals surface area contributed by atoms with Gasteiger partial charge >= 0.3 is 6.03 Å². The second kappa shape index (κ2) is 5.27. The van der Waals surface area contributed by atoms with Crippen LogP contribution in [0.2, 0.25) is 0 Å². The van der Waals surface area contributed by atoms with Gasteiger partial charge in [-0.2, -0.15) is 5.10 Å². The highest BCUT2D eigenvalue weighted by Crippen LogP contribution is 2.29. The Balaban J connectivity index is 1.71. The fourth-order valence-electron chi connectivity index (χ4n) is 2.40. The van der Waals surface area contributed by atoms with Crippen LogP contribution in [0.4, 0.5) is 10.6 Å². The van der Waals surface area contributed by atoms with E-state index >= 15 is 0 Å². The highest BCUT2D eigenvalue weighted by Gasteiger charge is 2.33. The Bertz CT molecular complexity index is 654. The van der Waals surface area contributed by atoms with E-state index < -0.39 is 0 Å². The predicted octanol–water partition coefficient (Wildman–Crippen LogP) is 2.83. The molecule has 1 aliphatic carbocycles. The third-order valence-electron chi connectivity index (χ3n) is 3.61. The van der Waals surface area contributed by atoms with E-state index in [0.717, 1.165) is 30.1 Å². The lowest BCUT2D eigenvalue weighted by atomic mass is 10.4. The molecule has 0 aromatic carbocycles. The van der Waals surface area contributed by atoms with Gasteiger partial charge < -0.3 is 9.32 Å². The van der Waals surface area contributed by atoms with Crippen LogP contribution in [0.1, 0.15) is 30.1 Å². The number of carbonyl (C=O) groups is 1. The molecular weight excluding hydrogens is 268 g/mol. The molecule has 21 heavy (non-hydrogen) atoms. The number of anilines is 1. The highest BCUT2D eigenvalue weighted by molar-refractivity contribution is 5.88. The molecule has 1 saturated carbocycles. The monoisotopic (exact) mass is 288 g/mol. The molecule has 0 radical (unpaired) electrons. The zero-order chi connectivity index (χ0) is 15.0. The first-order chi connectivity index (χ1) is 10.0. The van der Waals surface area contributed by atoms with E-state index in [-0.39, 0.29) is 6.03 Å². The van der Waals surface area contributed by atoms with Crippen LogP contribution in [-0.2, 0) is 13.6 Å². The number of hydrogen-bond acceptors (Lipinski definition) is 3. The summed E-state index contributed by atoms with van der Waals surface area (Å²) in [5.74, 6) is 2.39. The summed E-state index contributed by atoms with van der Waals surface area (Å²) in [6.07, 6.45) is 2.11. The van der Waals surface area contributed by atoms with Crippen molar-refractivity contribution in [1.29, 1.82) is 0 Å². The van der Waals surface area contributed by atoms with Gasteiger partial charge in [-0.1, -0.05) is 0 Å². The van der Waals surface area contributed by atoms with Crippen molar-refractivity contribution in [3.05, 3.63) is 35.4 Å². The van der Waals surface area contributed by atoms with Crippen LogP contribution >= 0.6 is 0 Å². The molecular formula is C15H20N4O2. The average Bonchev–Trinajstić information content (AvgIpc) is 3.10. The molecule has 0 aliphatic heterocycles. The Morgan fingerprint density at radius 2 is 2.24 bits per heavy atom. The molecule has 2 aromatic rings. The van der Waals surface area contributed by atoms with Gasteiger partial charge in [0.25, 0.3) is 0 Å². The fourth-order valence-corrected chi connectivity index (χ4v) is 2.40. The summed E-state index contributed by atoms with van der Waals surface area (Å²) >= 11 is 0. The number of hydrogen-bond donors (Lipinski definition) is 1. The maximum atomic E-state index is 12.5. The van der Waals surface area contributed by atoms with Crippen LogP contribution < -0.4 is 5.32 Å². The molecule has 0 saturated heterocycles. The van der Waals surface area contributed by atoms with Gasteiger partial charge in [-0.25, -0.2) is 4.79 Å². The second-order valence-corrected chi connectivity index (χ2v) is 5.60. The number of carbonyl (C=O) groups excluding carboxylic acids is 1. The molecule has 0 spiro atoms. The molecule has 2 aromatic heterocycles. The van der Waals surface area contributed by atoms with Crippen molar-refractivity contribution < 1.29 is 9.21 Å². The SMILES string of the molecule is Cc1cc(NC(=O)N(Cc2ccc(C)o2)C2CC2)n(C)n1. The predicted molar refractivity (Wildman–Crippen MR) is 79.0 cm³/mol. The van der Waals surface area contributed by atoms with Gasteiger partial charge in [-0.05, 0) is 38.8 Å². The maximum Gasteiger partial charge on any atom is 0.323 e. The molecule has 2 heterocycles. The topological polar surface area (TPSA) is 63.3 Å². The highest BCUT2D eigenvalue weighted by atomic mass is 16.3. The van der Waals surface area contributed by atoms with Crippen molar-refractivity contribution in [2.24, 2.45) is 7.05 Å². The van der Waals surface area contributed by atoms with Gasteiger partial charge in [0.1, 0.15) is 17.3 Å². The second-order valence-electron chi connectivity index (χ2n) is 5.60. The Morgan fingerprint density at radius 3 is 2.76 bits per heavy atom. The van der Waals surface area contributed by atoms with Crippen LogP contribution in [0.5, 0.6) is 0 Å². The summed E-state index contributed by atoms with van der Waals surface area (Å²) in [5, 5.41) is 7.16. The van der Waals surface area contributed by atoms with E-state index in [2.05, 4.69) is 10.4 Å². The lowest BCUT2D eigenvalue weighted by Gasteiger charge is -2.21. The van der Waals surface area contributed by atoms with Gasteiger partial charge in [-0.3, -0.25) is 10.00 Å². The first-order valence-corrected chi connectivity index (χ1v) is 7.16. The molecule has 6 nitrogen and oxygen atoms in total. The van der Waals surface area contributed by atoms with Crippen LogP contribution in [0.3, 0.4) is 0 Å². The standard InChI is InChI=1S/C15H20N4O2/c1-10-8-14(18(3)17-10)16-15(20)19(12-5-6-12)9-13-7-4-11(2)21-13/h4,7-8,12H,5-6,9H2,1-3H3,(H,16,20). The third-order valence-corrected chi connectivity index (χ3v) is 3.61.